The maximum Gasteiger partial charge on any atom is 0.271 e. The van der Waals surface area contributed by atoms with Crippen LogP contribution in [0.15, 0.2) is 35.7 Å². The van der Waals surface area contributed by atoms with Gasteiger partial charge in [-0.15, -0.1) is 11.3 Å². The van der Waals surface area contributed by atoms with Crippen molar-refractivity contribution in [1.82, 2.24) is 10.3 Å². The van der Waals surface area contributed by atoms with Gasteiger partial charge in [0.15, 0.2) is 0 Å². The minimum Gasteiger partial charge on any atom is -0.344 e. The lowest BCUT2D eigenvalue weighted by molar-refractivity contribution is 0.0893. The molecule has 4 nitrogen and oxygen atoms in total. The molecule has 1 atom stereocenters. The molecule has 2 aromatic rings. The van der Waals surface area contributed by atoms with Gasteiger partial charge in [-0.3, -0.25) is 4.79 Å². The maximum atomic E-state index is 12.4. The van der Waals surface area contributed by atoms with Crippen molar-refractivity contribution in [3.63, 3.8) is 0 Å². The summed E-state index contributed by atoms with van der Waals surface area (Å²) in [5, 5.41) is 5.87. The van der Waals surface area contributed by atoms with Crippen molar-refractivity contribution in [2.75, 3.05) is 6.54 Å². The number of hydrogen-bond acceptors (Lipinski definition) is 4. The summed E-state index contributed by atoms with van der Waals surface area (Å²) in [6.07, 6.45) is 3.05. The van der Waals surface area contributed by atoms with Crippen molar-refractivity contribution in [3.8, 4) is 0 Å². The summed E-state index contributed by atoms with van der Waals surface area (Å²) in [6, 6.07) is 10.2. The molecule has 3 rings (SSSR count). The minimum atomic E-state index is -0.305. The predicted molar refractivity (Wildman–Crippen MR) is 89.0 cm³/mol. The zero-order valence-corrected chi connectivity index (χ0v) is 13.5. The number of amides is 1. The molecule has 0 saturated heterocycles. The third-order valence-corrected chi connectivity index (χ3v) is 5.13. The number of thiazole rings is 1. The SMILES string of the molecule is CC(CN)(NC(=O)c1csc(Cc2ccccc2)n1)C1CC1. The monoisotopic (exact) mass is 315 g/mol. The van der Waals surface area contributed by atoms with Gasteiger partial charge in [-0.1, -0.05) is 30.3 Å². The Balaban J connectivity index is 1.66. The molecule has 1 unspecified atom stereocenters. The third kappa shape index (κ3) is 3.36. The molecular formula is C17H21N3OS. The van der Waals surface area contributed by atoms with Crippen LogP contribution in [-0.4, -0.2) is 23.0 Å². The molecule has 0 aliphatic heterocycles. The zero-order valence-electron chi connectivity index (χ0n) is 12.7. The van der Waals surface area contributed by atoms with Crippen LogP contribution >= 0.6 is 11.3 Å². The van der Waals surface area contributed by atoms with Gasteiger partial charge >= 0.3 is 0 Å². The molecule has 5 heteroatoms. The lowest BCUT2D eigenvalue weighted by atomic mass is 9.96. The Morgan fingerprint density at radius 3 is 2.77 bits per heavy atom. The number of nitrogens with one attached hydrogen (secondary N) is 1. The summed E-state index contributed by atoms with van der Waals surface area (Å²) in [7, 11) is 0. The topological polar surface area (TPSA) is 68.0 Å². The lowest BCUT2D eigenvalue weighted by Crippen LogP contribution is -2.53. The first-order valence-corrected chi connectivity index (χ1v) is 8.49. The number of aromatic nitrogens is 1. The number of carbonyl (C=O) groups is 1. The maximum absolute atomic E-state index is 12.4. The number of benzene rings is 1. The number of nitrogens with zero attached hydrogens (tertiary/aromatic N) is 1. The third-order valence-electron chi connectivity index (χ3n) is 4.28. The molecule has 1 heterocycles. The van der Waals surface area contributed by atoms with E-state index < -0.39 is 0 Å². The molecule has 0 bridgehead atoms. The molecule has 1 aromatic carbocycles. The van der Waals surface area contributed by atoms with E-state index in [4.69, 9.17) is 5.73 Å². The van der Waals surface area contributed by atoms with Gasteiger partial charge < -0.3 is 11.1 Å². The molecule has 1 amide bonds. The van der Waals surface area contributed by atoms with Crippen LogP contribution in [0.25, 0.3) is 0 Å². The highest BCUT2D eigenvalue weighted by atomic mass is 32.1. The second-order valence-corrected chi connectivity index (χ2v) is 7.08. The van der Waals surface area contributed by atoms with E-state index in [0.29, 0.717) is 18.2 Å². The number of carbonyl (C=O) groups excluding carboxylic acids is 1. The highest BCUT2D eigenvalue weighted by Gasteiger charge is 2.41. The summed E-state index contributed by atoms with van der Waals surface area (Å²) in [4.78, 5) is 16.9. The smallest absolute Gasteiger partial charge is 0.271 e. The average Bonchev–Trinajstić information content (AvgIpc) is 3.29. The van der Waals surface area contributed by atoms with E-state index in [0.717, 1.165) is 24.3 Å². The molecule has 0 radical (unpaired) electrons. The second-order valence-electron chi connectivity index (χ2n) is 6.14. The van der Waals surface area contributed by atoms with Gasteiger partial charge in [0.2, 0.25) is 0 Å². The van der Waals surface area contributed by atoms with Gasteiger partial charge in [0, 0.05) is 18.3 Å². The van der Waals surface area contributed by atoms with E-state index in [9.17, 15) is 4.79 Å². The predicted octanol–water partition coefficient (Wildman–Crippen LogP) is 2.59. The van der Waals surface area contributed by atoms with E-state index in [1.54, 1.807) is 0 Å². The van der Waals surface area contributed by atoms with Crippen LogP contribution in [0.2, 0.25) is 0 Å². The van der Waals surface area contributed by atoms with Crippen LogP contribution in [0, 0.1) is 5.92 Å². The molecular weight excluding hydrogens is 294 g/mol. The van der Waals surface area contributed by atoms with Gasteiger partial charge in [0.05, 0.1) is 10.5 Å². The van der Waals surface area contributed by atoms with Gasteiger partial charge in [0.1, 0.15) is 5.69 Å². The van der Waals surface area contributed by atoms with Crippen LogP contribution in [-0.2, 0) is 6.42 Å². The molecule has 22 heavy (non-hydrogen) atoms. The highest BCUT2D eigenvalue weighted by Crippen LogP contribution is 2.39. The van der Waals surface area contributed by atoms with E-state index in [1.807, 2.05) is 30.5 Å². The first-order valence-electron chi connectivity index (χ1n) is 7.61. The first-order chi connectivity index (χ1) is 10.6. The Morgan fingerprint density at radius 2 is 2.14 bits per heavy atom. The fourth-order valence-corrected chi connectivity index (χ4v) is 3.44. The summed E-state index contributed by atoms with van der Waals surface area (Å²) >= 11 is 1.53. The largest absolute Gasteiger partial charge is 0.344 e. The van der Waals surface area contributed by atoms with Crippen molar-refractivity contribution in [3.05, 3.63) is 52.0 Å². The van der Waals surface area contributed by atoms with E-state index in [2.05, 4.69) is 22.4 Å². The number of rotatable bonds is 6. The fourth-order valence-electron chi connectivity index (χ4n) is 2.63. The van der Waals surface area contributed by atoms with Gasteiger partial charge in [-0.2, -0.15) is 0 Å². The van der Waals surface area contributed by atoms with Crippen molar-refractivity contribution in [2.45, 2.75) is 31.7 Å². The molecule has 0 spiro atoms. The van der Waals surface area contributed by atoms with Crippen LogP contribution in [0.3, 0.4) is 0 Å². The Labute approximate surface area is 134 Å². The normalized spacial score (nSPS) is 17.0. The minimum absolute atomic E-state index is 0.115. The summed E-state index contributed by atoms with van der Waals surface area (Å²) in [5.41, 5.74) is 7.24. The Morgan fingerprint density at radius 1 is 1.41 bits per heavy atom. The van der Waals surface area contributed by atoms with Crippen molar-refractivity contribution < 1.29 is 4.79 Å². The molecule has 1 aliphatic rings. The van der Waals surface area contributed by atoms with Crippen molar-refractivity contribution in [1.29, 1.82) is 0 Å². The molecule has 1 aromatic heterocycles. The first kappa shape index (κ1) is 15.2. The van der Waals surface area contributed by atoms with Crippen LogP contribution in [0.5, 0.6) is 0 Å². The van der Waals surface area contributed by atoms with Crippen LogP contribution in [0.1, 0.15) is 40.8 Å². The van der Waals surface area contributed by atoms with Crippen molar-refractivity contribution in [2.24, 2.45) is 11.7 Å². The van der Waals surface area contributed by atoms with E-state index >= 15 is 0 Å². The standard InChI is InChI=1S/C17H21N3OS/c1-17(11-18,13-7-8-13)20-16(21)14-10-22-15(19-14)9-12-5-3-2-4-6-12/h2-6,10,13H,7-9,11,18H2,1H3,(H,20,21). The molecule has 1 fully saturated rings. The Hall–Kier alpha value is -1.72. The summed E-state index contributed by atoms with van der Waals surface area (Å²) < 4.78 is 0. The van der Waals surface area contributed by atoms with Crippen LogP contribution in [0.4, 0.5) is 0 Å². The van der Waals surface area contributed by atoms with Gasteiger partial charge in [-0.25, -0.2) is 4.98 Å². The van der Waals surface area contributed by atoms with E-state index in [-0.39, 0.29) is 11.4 Å². The molecule has 116 valence electrons. The lowest BCUT2D eigenvalue weighted by Gasteiger charge is -2.29. The summed E-state index contributed by atoms with van der Waals surface area (Å²) in [5.74, 6) is 0.388. The Bertz CT molecular complexity index is 651. The van der Waals surface area contributed by atoms with E-state index in [1.165, 1.54) is 16.9 Å². The average molecular weight is 315 g/mol. The zero-order chi connectivity index (χ0) is 15.6. The summed E-state index contributed by atoms with van der Waals surface area (Å²) in [6.45, 7) is 2.49. The van der Waals surface area contributed by atoms with Crippen LogP contribution < -0.4 is 11.1 Å². The molecule has 1 saturated carbocycles. The Kier molecular flexibility index (Phi) is 4.27. The fraction of sp³-hybridized carbons (Fsp3) is 0.412. The second kappa shape index (κ2) is 6.18. The molecule has 3 N–H and O–H groups in total. The quantitative estimate of drug-likeness (QED) is 0.861. The molecule has 1 aliphatic carbocycles. The number of hydrogen-bond donors (Lipinski definition) is 2. The number of nitrogens with two attached hydrogens (primary N) is 1. The van der Waals surface area contributed by atoms with Gasteiger partial charge in [0.25, 0.3) is 5.91 Å². The van der Waals surface area contributed by atoms with Gasteiger partial charge in [-0.05, 0) is 31.2 Å². The highest BCUT2D eigenvalue weighted by molar-refractivity contribution is 7.09. The van der Waals surface area contributed by atoms with Crippen molar-refractivity contribution >= 4 is 17.2 Å².